The zero-order valence-electron chi connectivity index (χ0n) is 5.21. The number of aromatic carboxylic acids is 1. The fourth-order valence-corrected chi connectivity index (χ4v) is 0.955. The first-order chi connectivity index (χ1) is 4.63. The topological polar surface area (TPSA) is 55.1 Å². The molecule has 0 saturated carbocycles. The van der Waals surface area contributed by atoms with Gasteiger partial charge < -0.3 is 9.67 Å². The van der Waals surface area contributed by atoms with Crippen LogP contribution in [-0.4, -0.2) is 20.6 Å². The summed E-state index contributed by atoms with van der Waals surface area (Å²) in [5.41, 5.74) is 0. The van der Waals surface area contributed by atoms with Crippen molar-refractivity contribution in [1.29, 1.82) is 0 Å². The molecule has 1 N–H and O–H groups in total. The quantitative estimate of drug-likeness (QED) is 0.749. The maximum absolute atomic E-state index is 10.3. The van der Waals surface area contributed by atoms with Crippen LogP contribution in [0, 0.1) is 3.70 Å². The molecule has 4 nitrogen and oxygen atoms in total. The second kappa shape index (κ2) is 2.57. The molecule has 0 aliphatic heterocycles. The summed E-state index contributed by atoms with van der Waals surface area (Å²) in [5.74, 6) is -0.921. The van der Waals surface area contributed by atoms with E-state index in [-0.39, 0.29) is 5.82 Å². The fourth-order valence-electron chi connectivity index (χ4n) is 0.587. The van der Waals surface area contributed by atoms with Crippen LogP contribution >= 0.6 is 22.6 Å². The Morgan fingerprint density at radius 2 is 2.50 bits per heavy atom. The number of nitrogens with zero attached hydrogens (tertiary/aromatic N) is 2. The standard InChI is InChI=1S/C5H5IN2O2/c1-8-3(6)2-7-4(8)5(9)10/h2H,1H3,(H,9,10). The third kappa shape index (κ3) is 1.13. The first kappa shape index (κ1) is 7.52. The fraction of sp³-hybridized carbons (Fsp3) is 0.200. The van der Waals surface area contributed by atoms with E-state index >= 15 is 0 Å². The minimum Gasteiger partial charge on any atom is -0.475 e. The van der Waals surface area contributed by atoms with Gasteiger partial charge in [0, 0.05) is 7.05 Å². The molecule has 0 aromatic carbocycles. The van der Waals surface area contributed by atoms with Gasteiger partial charge in [-0.2, -0.15) is 0 Å². The Morgan fingerprint density at radius 1 is 1.90 bits per heavy atom. The number of halogens is 1. The van der Waals surface area contributed by atoms with Crippen molar-refractivity contribution < 1.29 is 9.90 Å². The van der Waals surface area contributed by atoms with Crippen LogP contribution in [0.5, 0.6) is 0 Å². The molecule has 1 aromatic rings. The van der Waals surface area contributed by atoms with E-state index in [0.29, 0.717) is 0 Å². The summed E-state index contributed by atoms with van der Waals surface area (Å²) < 4.78 is 2.33. The molecule has 1 heterocycles. The average Bonchev–Trinajstić information content (AvgIpc) is 2.14. The first-order valence-electron chi connectivity index (χ1n) is 2.53. The Hall–Kier alpha value is -0.590. The first-order valence-corrected chi connectivity index (χ1v) is 3.61. The number of aromatic nitrogens is 2. The van der Waals surface area contributed by atoms with Crippen molar-refractivity contribution in [2.75, 3.05) is 0 Å². The van der Waals surface area contributed by atoms with Crippen LogP contribution in [0.3, 0.4) is 0 Å². The van der Waals surface area contributed by atoms with E-state index in [0.717, 1.165) is 3.70 Å². The molecule has 5 heteroatoms. The third-order valence-corrected chi connectivity index (χ3v) is 2.12. The summed E-state index contributed by atoms with van der Waals surface area (Å²) >= 11 is 2.02. The Kier molecular flexibility index (Phi) is 1.93. The van der Waals surface area contributed by atoms with Crippen molar-refractivity contribution in [1.82, 2.24) is 9.55 Å². The minimum atomic E-state index is -0.995. The van der Waals surface area contributed by atoms with Crippen molar-refractivity contribution in [2.24, 2.45) is 7.05 Å². The maximum Gasteiger partial charge on any atom is 0.372 e. The van der Waals surface area contributed by atoms with Gasteiger partial charge >= 0.3 is 5.97 Å². The molecule has 0 fully saturated rings. The summed E-state index contributed by atoms with van der Waals surface area (Å²) in [4.78, 5) is 14.0. The molecule has 0 saturated heterocycles. The van der Waals surface area contributed by atoms with Crippen LogP contribution in [-0.2, 0) is 7.05 Å². The van der Waals surface area contributed by atoms with Gasteiger partial charge in [-0.25, -0.2) is 9.78 Å². The smallest absolute Gasteiger partial charge is 0.372 e. The Labute approximate surface area is 71.0 Å². The predicted octanol–water partition coefficient (Wildman–Crippen LogP) is 0.723. The van der Waals surface area contributed by atoms with Gasteiger partial charge in [0.25, 0.3) is 0 Å². The van der Waals surface area contributed by atoms with Gasteiger partial charge in [-0.3, -0.25) is 0 Å². The van der Waals surface area contributed by atoms with Gasteiger partial charge in [0.2, 0.25) is 5.82 Å². The van der Waals surface area contributed by atoms with Crippen LogP contribution in [0.2, 0.25) is 0 Å². The van der Waals surface area contributed by atoms with E-state index in [1.807, 2.05) is 22.6 Å². The summed E-state index contributed by atoms with van der Waals surface area (Å²) in [6.07, 6.45) is 1.52. The number of rotatable bonds is 1. The molecule has 0 amide bonds. The van der Waals surface area contributed by atoms with Crippen molar-refractivity contribution in [3.8, 4) is 0 Å². The van der Waals surface area contributed by atoms with Gasteiger partial charge in [0.15, 0.2) is 0 Å². The third-order valence-electron chi connectivity index (χ3n) is 1.12. The number of hydrogen-bond donors (Lipinski definition) is 1. The van der Waals surface area contributed by atoms with E-state index in [2.05, 4.69) is 4.98 Å². The van der Waals surface area contributed by atoms with Crippen LogP contribution in [0.15, 0.2) is 6.20 Å². The highest BCUT2D eigenvalue weighted by Crippen LogP contribution is 2.04. The van der Waals surface area contributed by atoms with E-state index < -0.39 is 5.97 Å². The monoisotopic (exact) mass is 252 g/mol. The summed E-state index contributed by atoms with van der Waals surface area (Å²) in [6.45, 7) is 0. The number of hydrogen-bond acceptors (Lipinski definition) is 2. The second-order valence-corrected chi connectivity index (χ2v) is 2.87. The van der Waals surface area contributed by atoms with Gasteiger partial charge in [-0.15, -0.1) is 0 Å². The molecular weight excluding hydrogens is 247 g/mol. The highest BCUT2D eigenvalue weighted by atomic mass is 127. The normalized spacial score (nSPS) is 9.80. The SMILES string of the molecule is Cn1c(I)cnc1C(=O)O. The predicted molar refractivity (Wildman–Crippen MR) is 42.9 cm³/mol. The van der Waals surface area contributed by atoms with Crippen molar-refractivity contribution in [3.63, 3.8) is 0 Å². The van der Waals surface area contributed by atoms with Gasteiger partial charge in [0.1, 0.15) is 0 Å². The molecule has 1 rings (SSSR count). The average molecular weight is 252 g/mol. The molecule has 0 bridgehead atoms. The largest absolute Gasteiger partial charge is 0.475 e. The molecule has 54 valence electrons. The van der Waals surface area contributed by atoms with Crippen molar-refractivity contribution >= 4 is 28.6 Å². The van der Waals surface area contributed by atoms with Crippen LogP contribution in [0.4, 0.5) is 0 Å². The van der Waals surface area contributed by atoms with Crippen LogP contribution in [0.25, 0.3) is 0 Å². The van der Waals surface area contributed by atoms with Crippen LogP contribution in [0.1, 0.15) is 10.6 Å². The van der Waals surface area contributed by atoms with Crippen molar-refractivity contribution in [3.05, 3.63) is 15.7 Å². The molecule has 0 aliphatic carbocycles. The molecular formula is C5H5IN2O2. The number of imidazole rings is 1. The number of carbonyl (C=O) groups is 1. The van der Waals surface area contributed by atoms with Gasteiger partial charge in [-0.1, -0.05) is 0 Å². The summed E-state index contributed by atoms with van der Waals surface area (Å²) in [6, 6.07) is 0. The molecule has 0 atom stereocenters. The Bertz CT molecular complexity index is 269. The second-order valence-electron chi connectivity index (χ2n) is 1.77. The van der Waals surface area contributed by atoms with E-state index in [4.69, 9.17) is 5.11 Å². The molecule has 0 unspecified atom stereocenters. The Morgan fingerprint density at radius 3 is 2.70 bits per heavy atom. The highest BCUT2D eigenvalue weighted by molar-refractivity contribution is 14.1. The summed E-state index contributed by atoms with van der Waals surface area (Å²) in [5, 5.41) is 8.49. The molecule has 1 aromatic heterocycles. The Balaban J connectivity index is 3.17. The van der Waals surface area contributed by atoms with E-state index in [9.17, 15) is 4.79 Å². The lowest BCUT2D eigenvalue weighted by Crippen LogP contribution is -2.06. The van der Waals surface area contributed by atoms with E-state index in [1.165, 1.54) is 10.8 Å². The van der Waals surface area contributed by atoms with Gasteiger partial charge in [-0.05, 0) is 22.6 Å². The lowest BCUT2D eigenvalue weighted by molar-refractivity contribution is 0.0679. The zero-order valence-corrected chi connectivity index (χ0v) is 7.36. The maximum atomic E-state index is 10.3. The van der Waals surface area contributed by atoms with Gasteiger partial charge in [0.05, 0.1) is 9.90 Å². The summed E-state index contributed by atoms with van der Waals surface area (Å²) in [7, 11) is 1.66. The lowest BCUT2D eigenvalue weighted by atomic mass is 10.6. The highest BCUT2D eigenvalue weighted by Gasteiger charge is 2.10. The number of carboxylic acids is 1. The lowest BCUT2D eigenvalue weighted by Gasteiger charge is -1.94. The molecule has 0 radical (unpaired) electrons. The number of carboxylic acid groups (broad SMARTS) is 1. The van der Waals surface area contributed by atoms with E-state index in [1.54, 1.807) is 7.05 Å². The van der Waals surface area contributed by atoms with Crippen LogP contribution < -0.4 is 0 Å². The molecule has 0 aliphatic rings. The molecule has 0 spiro atoms. The molecule has 10 heavy (non-hydrogen) atoms. The minimum absolute atomic E-state index is 0.0735. The zero-order chi connectivity index (χ0) is 7.72. The van der Waals surface area contributed by atoms with Crippen molar-refractivity contribution in [2.45, 2.75) is 0 Å².